The van der Waals surface area contributed by atoms with E-state index in [0.717, 1.165) is 57.5 Å². The number of urea groups is 1. The van der Waals surface area contributed by atoms with Gasteiger partial charge in [-0.1, -0.05) is 113 Å². The van der Waals surface area contributed by atoms with E-state index in [-0.39, 0.29) is 95.5 Å². The first-order valence-electron chi connectivity index (χ1n) is 41.9. The third-order valence-electron chi connectivity index (χ3n) is 21.3. The lowest BCUT2D eigenvalue weighted by molar-refractivity contribution is -0.191. The molecule has 0 radical (unpaired) electrons. The lowest BCUT2D eigenvalue weighted by Gasteiger charge is -2.54. The summed E-state index contributed by atoms with van der Waals surface area (Å²) < 4.78 is 64.3. The van der Waals surface area contributed by atoms with E-state index in [1.54, 1.807) is 57.2 Å². The van der Waals surface area contributed by atoms with Crippen LogP contribution in [-0.2, 0) is 109 Å². The number of likely N-dealkylation sites (tertiary alicyclic amines) is 1. The molecule has 6 amide bonds. The third-order valence-corrected chi connectivity index (χ3v) is 21.3. The maximum atomic E-state index is 14.7. The molecule has 28 heteroatoms. The van der Waals surface area contributed by atoms with Crippen molar-refractivity contribution in [1.82, 2.24) is 35.6 Å². The van der Waals surface area contributed by atoms with Crippen LogP contribution in [0.3, 0.4) is 0 Å². The van der Waals surface area contributed by atoms with Crippen LogP contribution < -0.4 is 42.2 Å². The Labute approximate surface area is 699 Å². The molecule has 0 saturated carbocycles. The van der Waals surface area contributed by atoms with Crippen molar-refractivity contribution >= 4 is 63.6 Å². The Bertz CT molecular complexity index is 4290. The molecule has 2 fully saturated rings. The van der Waals surface area contributed by atoms with Crippen molar-refractivity contribution in [2.75, 3.05) is 172 Å². The summed E-state index contributed by atoms with van der Waals surface area (Å²) in [6, 6.07) is 31.4. The van der Waals surface area contributed by atoms with Gasteiger partial charge in [0.05, 0.1) is 137 Å². The van der Waals surface area contributed by atoms with E-state index in [0.29, 0.717) is 148 Å². The van der Waals surface area contributed by atoms with Crippen molar-refractivity contribution < 1.29 is 90.5 Å². The molecular weight excluding hydrogens is 1520 g/mol. The summed E-state index contributed by atoms with van der Waals surface area (Å²) in [5.74, 6) is 2.57. The SMILES string of the molecule is CCCCCCc1cc(N)cc2ccn(Cc3ccc(CN4CC5(C4)CN(C(=O)COc4ccc(CC(=O)[C@H](CCCNC(N)=O)NC(=O)[C@@H](CC(=O)[C@H](CNC(=O)CCOCCOCCOCCOCCOCCOCCOCCOC)NC(=O)CCC(=O)C6Cc7ccccc7C#Cc7ccccc76)C(C)C)cc4)CCO5)cc3OC)c12. The van der Waals surface area contributed by atoms with E-state index in [9.17, 15) is 38.4 Å². The van der Waals surface area contributed by atoms with Crippen LogP contribution in [-0.4, -0.2) is 245 Å². The Morgan fingerprint density at radius 1 is 0.622 bits per heavy atom. The summed E-state index contributed by atoms with van der Waals surface area (Å²) >= 11 is 0. The minimum absolute atomic E-state index is 0.0211. The van der Waals surface area contributed by atoms with E-state index >= 15 is 0 Å². The number of nitrogens with one attached hydrogen (secondary N) is 4. The fourth-order valence-corrected chi connectivity index (χ4v) is 14.9. The van der Waals surface area contributed by atoms with Crippen molar-refractivity contribution in [1.29, 1.82) is 0 Å². The summed E-state index contributed by atoms with van der Waals surface area (Å²) in [6.07, 6.45) is 7.48. The lowest BCUT2D eigenvalue weighted by Crippen LogP contribution is -2.70. The molecule has 0 bridgehead atoms. The highest BCUT2D eigenvalue weighted by molar-refractivity contribution is 5.96. The van der Waals surface area contributed by atoms with Gasteiger partial charge in [-0.05, 0) is 114 Å². The van der Waals surface area contributed by atoms with Crippen LogP contribution in [0.5, 0.6) is 11.5 Å². The molecule has 1 aromatic heterocycles. The summed E-state index contributed by atoms with van der Waals surface area (Å²) in [7, 11) is 3.33. The number of amides is 6. The monoisotopic (exact) mass is 1650 g/mol. The normalized spacial score (nSPS) is 14.9. The number of anilines is 1. The molecule has 1 spiro atoms. The molecule has 9 rings (SSSR count). The average molecular weight is 1650 g/mol. The fraction of sp³-hybridized carbons (Fsp3) is 0.538. The van der Waals surface area contributed by atoms with Crippen LogP contribution in [0.1, 0.15) is 135 Å². The Balaban J connectivity index is 0.736. The second kappa shape index (κ2) is 50.4. The zero-order valence-electron chi connectivity index (χ0n) is 70.0. The number of primary amides is 1. The molecule has 2 saturated heterocycles. The number of carbonyl (C=O) groups excluding carboxylic acids is 8. The van der Waals surface area contributed by atoms with Gasteiger partial charge in [-0.3, -0.25) is 38.5 Å². The first-order chi connectivity index (χ1) is 57.8. The van der Waals surface area contributed by atoms with Crippen molar-refractivity contribution in [3.63, 3.8) is 0 Å². The number of morpholine rings is 1. The van der Waals surface area contributed by atoms with Gasteiger partial charge in [-0.25, -0.2) is 4.79 Å². The van der Waals surface area contributed by atoms with Crippen molar-refractivity contribution in [3.05, 3.63) is 160 Å². The van der Waals surface area contributed by atoms with Crippen LogP contribution in [0.25, 0.3) is 10.9 Å². The number of aromatic nitrogens is 1. The highest BCUT2D eigenvalue weighted by atomic mass is 16.6. The van der Waals surface area contributed by atoms with E-state index < -0.39 is 71.4 Å². The summed E-state index contributed by atoms with van der Waals surface area (Å²) in [5.41, 5.74) is 20.4. The van der Waals surface area contributed by atoms with E-state index in [1.165, 1.54) is 30.3 Å². The van der Waals surface area contributed by atoms with E-state index in [2.05, 4.69) is 86.0 Å². The number of carbonyl (C=O) groups is 8. The standard InChI is InChI=1S/C91H123N9O19/c1-6-7-8-9-18-71-54-74(92)55-72-31-34-99(88(71)72)60-73-24-21-67(53-84(73)110-5)59-98-62-91(63-98)64-100(35-37-119-91)87(106)61-118-75-27-22-66(23-28-75)52-82(102)79(20-14-33-94-90(93)108)97-89(107)77(65(2)3)57-83(103)80(96-86(105)30-29-81(101)78-56-70-17-11-10-15-68(70)25-26-69-16-12-13-19-76(69)78)58-95-85(104)32-36-111-40-41-113-44-45-115-48-49-117-51-50-116-47-46-114-43-42-112-39-38-109-4/h10-13,15-17,19,21-24,27-28,31,34,53-55,65,77-80H,6-9,14,18,20,29-30,32-33,35-52,56-64,92H2,1-5H3,(H,95,104)(H,96,105)(H,97,107)(H3,93,94,108)/t77-,78?,79-,80-/m0/s1. The highest BCUT2D eigenvalue weighted by Gasteiger charge is 2.48. The summed E-state index contributed by atoms with van der Waals surface area (Å²) in [5, 5.41) is 12.1. The van der Waals surface area contributed by atoms with Gasteiger partial charge < -0.3 is 94.3 Å². The number of nitrogens with zero attached hydrogens (tertiary/aromatic N) is 3. The summed E-state index contributed by atoms with van der Waals surface area (Å²) in [4.78, 5) is 115. The molecule has 1 aliphatic carbocycles. The van der Waals surface area contributed by atoms with E-state index in [1.807, 2.05) is 54.6 Å². The maximum absolute atomic E-state index is 14.7. The molecule has 6 aromatic rings. The number of ketones is 3. The predicted molar refractivity (Wildman–Crippen MR) is 451 cm³/mol. The Morgan fingerprint density at radius 3 is 1.93 bits per heavy atom. The molecule has 646 valence electrons. The number of aryl methyl sites for hydroxylation is 1. The minimum atomic E-state index is -1.33. The van der Waals surface area contributed by atoms with Gasteiger partial charge in [0.1, 0.15) is 28.9 Å². The van der Waals surface area contributed by atoms with Gasteiger partial charge in [-0.2, -0.15) is 0 Å². The van der Waals surface area contributed by atoms with Crippen LogP contribution in [0.4, 0.5) is 10.5 Å². The van der Waals surface area contributed by atoms with Gasteiger partial charge in [0.2, 0.25) is 17.7 Å². The van der Waals surface area contributed by atoms with Gasteiger partial charge in [0, 0.05) is 124 Å². The smallest absolute Gasteiger partial charge is 0.312 e. The first kappa shape index (κ1) is 93.2. The summed E-state index contributed by atoms with van der Waals surface area (Å²) in [6.45, 7) is 14.8. The molecular formula is C91H123N9O19. The zero-order chi connectivity index (χ0) is 84.6. The molecule has 4 atom stereocenters. The number of methoxy groups -OCH3 is 2. The molecule has 1 unspecified atom stereocenters. The van der Waals surface area contributed by atoms with Crippen LogP contribution in [0.15, 0.2) is 115 Å². The number of unbranched alkanes of at least 4 members (excludes halogenated alkanes) is 3. The average Bonchev–Trinajstić information content (AvgIpc) is 1.68. The largest absolute Gasteiger partial charge is 0.496 e. The number of nitrogens with two attached hydrogens (primary N) is 2. The third kappa shape index (κ3) is 31.2. The Morgan fingerprint density at radius 2 is 1.27 bits per heavy atom. The molecule has 8 N–H and O–H groups in total. The second-order valence-corrected chi connectivity index (χ2v) is 30.8. The molecule has 3 heterocycles. The maximum Gasteiger partial charge on any atom is 0.312 e. The second-order valence-electron chi connectivity index (χ2n) is 30.8. The fourth-order valence-electron chi connectivity index (χ4n) is 14.9. The van der Waals surface area contributed by atoms with Gasteiger partial charge in [-0.15, -0.1) is 0 Å². The quantitative estimate of drug-likeness (QED) is 0.0120. The number of benzene rings is 5. The number of rotatable bonds is 57. The molecule has 119 heavy (non-hydrogen) atoms. The van der Waals surface area contributed by atoms with Crippen molar-refractivity contribution in [2.45, 2.75) is 141 Å². The van der Waals surface area contributed by atoms with Gasteiger partial charge >= 0.3 is 6.03 Å². The number of fused-ring (bicyclic) bond motifs is 3. The minimum Gasteiger partial charge on any atom is -0.496 e. The van der Waals surface area contributed by atoms with Crippen LogP contribution in [0, 0.1) is 23.7 Å². The van der Waals surface area contributed by atoms with E-state index in [4.69, 9.17) is 63.6 Å². The Kier molecular flexibility index (Phi) is 39.5. The van der Waals surface area contributed by atoms with Gasteiger partial charge in [0.15, 0.2) is 18.2 Å². The van der Waals surface area contributed by atoms with Crippen molar-refractivity contribution in [2.24, 2.45) is 17.6 Å². The predicted octanol–water partition coefficient (Wildman–Crippen LogP) is 8.01. The Hall–Kier alpha value is -9.64. The lowest BCUT2D eigenvalue weighted by atomic mass is 9.82. The number of ether oxygens (including phenoxy) is 11. The number of nitrogen functional groups attached to an aromatic ring is 1. The molecule has 28 nitrogen and oxygen atoms in total. The van der Waals surface area contributed by atoms with Crippen molar-refractivity contribution in [3.8, 4) is 23.3 Å². The number of hydrogen-bond acceptors (Lipinski definition) is 21. The van der Waals surface area contributed by atoms with Gasteiger partial charge in [0.25, 0.3) is 5.91 Å². The number of hydrogen-bond donors (Lipinski definition) is 6. The van der Waals surface area contributed by atoms with Crippen LogP contribution in [0.2, 0.25) is 0 Å². The molecule has 3 aliphatic rings. The highest BCUT2D eigenvalue weighted by Crippen LogP contribution is 2.35. The number of Topliss-reactive ketones (excluding diaryl/α,β-unsaturated/α-hetero) is 3. The first-order valence-corrected chi connectivity index (χ1v) is 41.9. The van der Waals surface area contributed by atoms with Crippen LogP contribution >= 0.6 is 0 Å². The molecule has 2 aliphatic heterocycles. The zero-order valence-corrected chi connectivity index (χ0v) is 70.0. The molecule has 5 aromatic carbocycles. The topological polar surface area (TPSA) is 350 Å².